The molecule has 4 rings (SSSR count). The third kappa shape index (κ3) is 4.43. The molecule has 0 spiro atoms. The van der Waals surface area contributed by atoms with Gasteiger partial charge in [-0.15, -0.1) is 0 Å². The number of benzene rings is 2. The standard InChI is InChI=1S/C25H25N3O4/c1-15(2)32-21-10-8-20(9-11-21)28-23(30)12-7-18-14-22(27-24(18)28)25(31)26-19-6-4-5-17(13-19)16(3)29/h4-16,27,29H,1-3H3,(H,26,31). The van der Waals surface area contributed by atoms with E-state index in [1.807, 2.05) is 26.0 Å². The van der Waals surface area contributed by atoms with Crippen molar-refractivity contribution in [3.63, 3.8) is 0 Å². The minimum Gasteiger partial charge on any atom is -0.491 e. The van der Waals surface area contributed by atoms with Crippen molar-refractivity contribution in [3.05, 3.63) is 88.3 Å². The van der Waals surface area contributed by atoms with Crippen LogP contribution in [0, 0.1) is 0 Å². The van der Waals surface area contributed by atoms with Gasteiger partial charge in [0.25, 0.3) is 11.5 Å². The lowest BCUT2D eigenvalue weighted by molar-refractivity contribution is 0.102. The Hall–Kier alpha value is -3.84. The summed E-state index contributed by atoms with van der Waals surface area (Å²) in [6.07, 6.45) is -0.579. The Morgan fingerprint density at radius 1 is 1.03 bits per heavy atom. The maximum atomic E-state index is 12.8. The molecule has 0 saturated carbocycles. The van der Waals surface area contributed by atoms with Gasteiger partial charge in [0, 0.05) is 17.1 Å². The first kappa shape index (κ1) is 21.4. The highest BCUT2D eigenvalue weighted by molar-refractivity contribution is 6.05. The van der Waals surface area contributed by atoms with Gasteiger partial charge in [-0.05, 0) is 74.9 Å². The first-order valence-electron chi connectivity index (χ1n) is 10.4. The number of carbonyl (C=O) groups is 1. The van der Waals surface area contributed by atoms with E-state index in [0.29, 0.717) is 28.3 Å². The molecule has 2 aromatic carbocycles. The highest BCUT2D eigenvalue weighted by Gasteiger charge is 2.14. The third-order valence-electron chi connectivity index (χ3n) is 5.01. The van der Waals surface area contributed by atoms with Gasteiger partial charge in [0.05, 0.1) is 17.9 Å². The summed E-state index contributed by atoms with van der Waals surface area (Å²) in [4.78, 5) is 28.6. The van der Waals surface area contributed by atoms with E-state index in [1.165, 1.54) is 10.6 Å². The first-order valence-corrected chi connectivity index (χ1v) is 10.4. The minimum absolute atomic E-state index is 0.0535. The van der Waals surface area contributed by atoms with Crippen molar-refractivity contribution >= 4 is 22.6 Å². The molecule has 0 bridgehead atoms. The zero-order valence-corrected chi connectivity index (χ0v) is 18.1. The van der Waals surface area contributed by atoms with E-state index < -0.39 is 6.10 Å². The molecule has 1 amide bonds. The van der Waals surface area contributed by atoms with E-state index in [-0.39, 0.29) is 17.6 Å². The number of hydrogen-bond acceptors (Lipinski definition) is 4. The maximum Gasteiger partial charge on any atom is 0.272 e. The van der Waals surface area contributed by atoms with Crippen molar-refractivity contribution in [2.75, 3.05) is 5.32 Å². The number of ether oxygens (including phenoxy) is 1. The SMILES string of the molecule is CC(C)Oc1ccc(-n2c(=O)ccc3cc(C(=O)Nc4cccc(C(C)O)c4)[nH]c32)cc1. The van der Waals surface area contributed by atoms with Crippen molar-refractivity contribution in [2.24, 2.45) is 0 Å². The predicted molar refractivity (Wildman–Crippen MR) is 125 cm³/mol. The van der Waals surface area contributed by atoms with E-state index in [1.54, 1.807) is 55.5 Å². The Morgan fingerprint density at radius 3 is 2.47 bits per heavy atom. The summed E-state index contributed by atoms with van der Waals surface area (Å²) >= 11 is 0. The molecule has 1 atom stereocenters. The molecule has 0 fully saturated rings. The molecule has 0 aliphatic heterocycles. The molecule has 2 heterocycles. The second kappa shape index (κ2) is 8.72. The minimum atomic E-state index is -0.633. The van der Waals surface area contributed by atoms with Gasteiger partial charge in [-0.2, -0.15) is 0 Å². The molecule has 3 N–H and O–H groups in total. The molecule has 0 radical (unpaired) electrons. The van der Waals surface area contributed by atoms with Gasteiger partial charge in [0.2, 0.25) is 0 Å². The number of carbonyl (C=O) groups excluding carboxylic acids is 1. The summed E-state index contributed by atoms with van der Waals surface area (Å²) in [5.74, 6) is 0.374. The van der Waals surface area contributed by atoms with Gasteiger partial charge in [0.15, 0.2) is 0 Å². The Balaban J connectivity index is 1.67. The number of fused-ring (bicyclic) bond motifs is 1. The van der Waals surface area contributed by atoms with Gasteiger partial charge in [-0.25, -0.2) is 0 Å². The number of H-pyrrole nitrogens is 1. The smallest absolute Gasteiger partial charge is 0.272 e. The Bertz CT molecular complexity index is 1320. The summed E-state index contributed by atoms with van der Waals surface area (Å²) in [7, 11) is 0. The quantitative estimate of drug-likeness (QED) is 0.421. The van der Waals surface area contributed by atoms with Crippen LogP contribution in [0.2, 0.25) is 0 Å². The van der Waals surface area contributed by atoms with Crippen molar-refractivity contribution in [3.8, 4) is 11.4 Å². The van der Waals surface area contributed by atoms with Crippen LogP contribution < -0.4 is 15.6 Å². The fourth-order valence-electron chi connectivity index (χ4n) is 3.52. The van der Waals surface area contributed by atoms with E-state index in [4.69, 9.17) is 4.74 Å². The molecule has 4 aromatic rings. The highest BCUT2D eigenvalue weighted by atomic mass is 16.5. The molecule has 2 aromatic heterocycles. The first-order chi connectivity index (χ1) is 15.3. The van der Waals surface area contributed by atoms with Gasteiger partial charge in [0.1, 0.15) is 17.1 Å². The number of amides is 1. The van der Waals surface area contributed by atoms with E-state index in [2.05, 4.69) is 10.3 Å². The molecular formula is C25H25N3O4. The average molecular weight is 431 g/mol. The van der Waals surface area contributed by atoms with Crippen LogP contribution in [0.25, 0.3) is 16.7 Å². The maximum absolute atomic E-state index is 12.8. The zero-order valence-electron chi connectivity index (χ0n) is 18.1. The molecule has 7 nitrogen and oxygen atoms in total. The van der Waals surface area contributed by atoms with Crippen molar-refractivity contribution in [2.45, 2.75) is 33.0 Å². The van der Waals surface area contributed by atoms with E-state index in [9.17, 15) is 14.7 Å². The number of aliphatic hydroxyl groups is 1. The largest absolute Gasteiger partial charge is 0.491 e. The van der Waals surface area contributed by atoms with Gasteiger partial charge in [-0.1, -0.05) is 12.1 Å². The molecule has 0 saturated heterocycles. The molecule has 164 valence electrons. The van der Waals surface area contributed by atoms with Crippen LogP contribution >= 0.6 is 0 Å². The van der Waals surface area contributed by atoms with Crippen LogP contribution in [0.15, 0.2) is 71.5 Å². The Labute approximate surface area is 185 Å². The zero-order chi connectivity index (χ0) is 22.8. The average Bonchev–Trinajstić information content (AvgIpc) is 3.19. The number of anilines is 1. The Morgan fingerprint density at radius 2 is 1.78 bits per heavy atom. The monoisotopic (exact) mass is 431 g/mol. The predicted octanol–water partition coefficient (Wildman–Crippen LogP) is 4.41. The van der Waals surface area contributed by atoms with Crippen LogP contribution in [-0.4, -0.2) is 26.7 Å². The lowest BCUT2D eigenvalue weighted by Crippen LogP contribution is -2.18. The Kier molecular flexibility index (Phi) is 5.83. The normalized spacial score (nSPS) is 12.2. The lowest BCUT2D eigenvalue weighted by Gasteiger charge is -2.11. The second-order valence-corrected chi connectivity index (χ2v) is 7.91. The highest BCUT2D eigenvalue weighted by Crippen LogP contribution is 2.22. The van der Waals surface area contributed by atoms with Gasteiger partial charge < -0.3 is 20.1 Å². The van der Waals surface area contributed by atoms with Crippen LogP contribution in [0.4, 0.5) is 5.69 Å². The van der Waals surface area contributed by atoms with Crippen LogP contribution in [0.1, 0.15) is 42.9 Å². The molecule has 7 heteroatoms. The number of aliphatic hydroxyl groups excluding tert-OH is 1. The number of rotatable bonds is 6. The summed E-state index contributed by atoms with van der Waals surface area (Å²) in [5, 5.41) is 13.3. The number of aromatic nitrogens is 2. The van der Waals surface area contributed by atoms with Crippen molar-refractivity contribution in [1.29, 1.82) is 0 Å². The van der Waals surface area contributed by atoms with Crippen molar-refractivity contribution in [1.82, 2.24) is 9.55 Å². The fraction of sp³-hybridized carbons (Fsp3) is 0.200. The molecule has 32 heavy (non-hydrogen) atoms. The van der Waals surface area contributed by atoms with E-state index >= 15 is 0 Å². The molecule has 0 aliphatic carbocycles. The molecule has 0 aliphatic rings. The van der Waals surface area contributed by atoms with Crippen LogP contribution in [-0.2, 0) is 0 Å². The lowest BCUT2D eigenvalue weighted by atomic mass is 10.1. The summed E-state index contributed by atoms with van der Waals surface area (Å²) < 4.78 is 7.20. The number of nitrogens with one attached hydrogen (secondary N) is 2. The number of nitrogens with zero attached hydrogens (tertiary/aromatic N) is 1. The third-order valence-corrected chi connectivity index (χ3v) is 5.01. The number of hydrogen-bond donors (Lipinski definition) is 3. The number of aromatic amines is 1. The van der Waals surface area contributed by atoms with Gasteiger partial charge in [-0.3, -0.25) is 14.2 Å². The van der Waals surface area contributed by atoms with Crippen LogP contribution in [0.3, 0.4) is 0 Å². The topological polar surface area (TPSA) is 96.3 Å². The van der Waals surface area contributed by atoms with E-state index in [0.717, 1.165) is 11.1 Å². The summed E-state index contributed by atoms with van der Waals surface area (Å²) in [5.41, 5.74) is 2.58. The second-order valence-electron chi connectivity index (χ2n) is 7.91. The summed E-state index contributed by atoms with van der Waals surface area (Å²) in [6, 6.07) is 19.1. The molecular weight excluding hydrogens is 406 g/mol. The molecule has 1 unspecified atom stereocenters. The number of pyridine rings is 1. The fourth-order valence-corrected chi connectivity index (χ4v) is 3.52. The summed E-state index contributed by atoms with van der Waals surface area (Å²) in [6.45, 7) is 5.57. The van der Waals surface area contributed by atoms with Crippen molar-refractivity contribution < 1.29 is 14.6 Å². The van der Waals surface area contributed by atoms with Gasteiger partial charge >= 0.3 is 0 Å². The van der Waals surface area contributed by atoms with Crippen LogP contribution in [0.5, 0.6) is 5.75 Å².